The van der Waals surface area contributed by atoms with E-state index in [1.807, 2.05) is 36.4 Å². The van der Waals surface area contributed by atoms with Crippen LogP contribution in [0.25, 0.3) is 10.8 Å². The summed E-state index contributed by atoms with van der Waals surface area (Å²) in [5, 5.41) is 3.97. The number of rotatable bonds is 6. The number of anilines is 2. The van der Waals surface area contributed by atoms with E-state index in [9.17, 15) is 32.3 Å². The summed E-state index contributed by atoms with van der Waals surface area (Å²) in [6.45, 7) is -0.411. The van der Waals surface area contributed by atoms with E-state index in [4.69, 9.17) is 4.74 Å². The first kappa shape index (κ1) is 31.2. The largest absolute Gasteiger partial charge is 0.483 e. The number of ether oxygens (including phenoxy) is 1. The number of hydrogen-bond donors (Lipinski definition) is 2. The van der Waals surface area contributed by atoms with Crippen LogP contribution in [0.2, 0.25) is 0 Å². The molecule has 1 aromatic heterocycles. The Morgan fingerprint density at radius 2 is 1.68 bits per heavy atom. The minimum absolute atomic E-state index is 0.207. The predicted molar refractivity (Wildman–Crippen MR) is 176 cm³/mol. The van der Waals surface area contributed by atoms with Gasteiger partial charge in [-0.05, 0) is 53.2 Å². The number of thiazole rings is 1. The number of imide groups is 1. The number of para-hydroxylation sites is 1. The topological polar surface area (TPSA) is 109 Å². The van der Waals surface area contributed by atoms with Gasteiger partial charge in [0.05, 0.1) is 22.2 Å². The van der Waals surface area contributed by atoms with Crippen LogP contribution in [0.1, 0.15) is 21.9 Å². The minimum atomic E-state index is -4.82. The van der Waals surface area contributed by atoms with E-state index in [0.29, 0.717) is 30.5 Å². The van der Waals surface area contributed by atoms with Crippen LogP contribution >= 0.6 is 39.0 Å². The Morgan fingerprint density at radius 3 is 2.47 bits per heavy atom. The van der Waals surface area contributed by atoms with Gasteiger partial charge < -0.3 is 15.0 Å². The number of aromatic nitrogens is 1. The molecule has 2 N–H and O–H groups in total. The van der Waals surface area contributed by atoms with Crippen LogP contribution in [0.5, 0.6) is 5.75 Å². The van der Waals surface area contributed by atoms with Gasteiger partial charge in [-0.3, -0.25) is 19.2 Å². The lowest BCUT2D eigenvalue weighted by molar-refractivity contribution is -0.137. The fourth-order valence-electron chi connectivity index (χ4n) is 6.00. The van der Waals surface area contributed by atoms with Gasteiger partial charge >= 0.3 is 11.0 Å². The SMILES string of the molecule is O=C(COc1ccc(Br)cc1C1c2sc(=O)[nH]c2SC2C(=O)N(c3ccccc3C(F)(F)F)C(=O)C21)Nc1ccc2ccccc2c1. The smallest absolute Gasteiger partial charge is 0.418 e. The molecule has 0 saturated carbocycles. The number of aromatic amines is 1. The zero-order chi connectivity index (χ0) is 33.0. The first-order valence-electron chi connectivity index (χ1n) is 14.1. The molecule has 14 heteroatoms. The number of H-pyrrole nitrogens is 1. The van der Waals surface area contributed by atoms with Crippen molar-refractivity contribution in [3.05, 3.63) is 115 Å². The molecule has 2 aliphatic rings. The maximum atomic E-state index is 14.1. The number of thioether (sulfide) groups is 1. The quantitative estimate of drug-likeness (QED) is 0.179. The third kappa shape index (κ3) is 5.74. The van der Waals surface area contributed by atoms with Crippen LogP contribution in [0.15, 0.2) is 99.2 Å². The Labute approximate surface area is 281 Å². The van der Waals surface area contributed by atoms with Crippen molar-refractivity contribution < 1.29 is 32.3 Å². The Bertz CT molecular complexity index is 2150. The summed E-state index contributed by atoms with van der Waals surface area (Å²) in [7, 11) is 0. The normalized spacial score (nSPS) is 19.1. The summed E-state index contributed by atoms with van der Waals surface area (Å²) in [5.41, 5.74) is -0.723. The molecule has 0 aliphatic carbocycles. The van der Waals surface area contributed by atoms with Crippen LogP contribution in [0.3, 0.4) is 0 Å². The minimum Gasteiger partial charge on any atom is -0.483 e. The highest BCUT2D eigenvalue weighted by Crippen LogP contribution is 2.55. The molecule has 47 heavy (non-hydrogen) atoms. The van der Waals surface area contributed by atoms with Crippen molar-refractivity contribution >= 4 is 78.9 Å². The van der Waals surface area contributed by atoms with Crippen LogP contribution < -0.4 is 19.8 Å². The van der Waals surface area contributed by atoms with E-state index in [1.165, 1.54) is 12.1 Å². The number of fused-ring (bicyclic) bond motifs is 3. The molecule has 3 amide bonds. The predicted octanol–water partition coefficient (Wildman–Crippen LogP) is 7.18. The average molecular weight is 741 g/mol. The second kappa shape index (κ2) is 12.0. The van der Waals surface area contributed by atoms with E-state index in [0.717, 1.165) is 46.0 Å². The second-order valence-corrected chi connectivity index (χ2v) is 13.9. The van der Waals surface area contributed by atoms with E-state index in [1.54, 1.807) is 24.3 Å². The Morgan fingerprint density at radius 1 is 0.936 bits per heavy atom. The highest BCUT2D eigenvalue weighted by atomic mass is 79.9. The summed E-state index contributed by atoms with van der Waals surface area (Å²) in [6.07, 6.45) is -4.82. The standard InChI is InChI=1S/C33H21BrF3N3O5S2/c34-18-10-12-23(45-15-24(41)38-19-11-9-16-5-1-2-6-17(16)13-19)20(14-18)25-26-28(46-29-27(25)47-32(44)39-29)31(43)40(30(26)42)22-8-4-3-7-21(22)33(35,36)37/h1-14,25-26,28H,15H2,(H,38,41)(H,39,44). The zero-order valence-electron chi connectivity index (χ0n) is 23.8. The molecule has 5 aromatic rings. The van der Waals surface area contributed by atoms with Crippen molar-refractivity contribution in [2.75, 3.05) is 16.8 Å². The van der Waals surface area contributed by atoms with Crippen molar-refractivity contribution in [1.82, 2.24) is 4.98 Å². The highest BCUT2D eigenvalue weighted by molar-refractivity contribution is 9.10. The van der Waals surface area contributed by atoms with Crippen LogP contribution in [-0.4, -0.2) is 34.6 Å². The van der Waals surface area contributed by atoms with Gasteiger partial charge in [0, 0.05) is 26.5 Å². The second-order valence-electron chi connectivity index (χ2n) is 10.9. The maximum Gasteiger partial charge on any atom is 0.418 e. The third-order valence-corrected chi connectivity index (χ3v) is 10.9. The van der Waals surface area contributed by atoms with Gasteiger partial charge in [-0.1, -0.05) is 81.5 Å². The van der Waals surface area contributed by atoms with E-state index >= 15 is 0 Å². The first-order valence-corrected chi connectivity index (χ1v) is 16.6. The van der Waals surface area contributed by atoms with E-state index < -0.39 is 63.7 Å². The maximum absolute atomic E-state index is 14.1. The number of nitrogens with one attached hydrogen (secondary N) is 2. The number of amides is 3. The number of nitrogens with zero attached hydrogens (tertiary/aromatic N) is 1. The molecule has 4 aromatic carbocycles. The molecular formula is C33H21BrF3N3O5S2. The van der Waals surface area contributed by atoms with Crippen molar-refractivity contribution in [2.24, 2.45) is 5.92 Å². The summed E-state index contributed by atoms with van der Waals surface area (Å²) >= 11 is 5.23. The molecule has 2 aliphatic heterocycles. The van der Waals surface area contributed by atoms with Crippen molar-refractivity contribution in [2.45, 2.75) is 22.4 Å². The fourth-order valence-corrected chi connectivity index (χ4v) is 8.88. The monoisotopic (exact) mass is 739 g/mol. The number of benzene rings is 4. The molecule has 8 nitrogen and oxygen atoms in total. The number of hydrogen-bond acceptors (Lipinski definition) is 7. The Hall–Kier alpha value is -4.40. The van der Waals surface area contributed by atoms with E-state index in [-0.39, 0.29) is 5.75 Å². The molecule has 0 radical (unpaired) electrons. The summed E-state index contributed by atoms with van der Waals surface area (Å²) in [6, 6.07) is 22.5. The summed E-state index contributed by atoms with van der Waals surface area (Å²) in [4.78, 5) is 56.7. The van der Waals surface area contributed by atoms with Gasteiger partial charge in [0.1, 0.15) is 11.0 Å². The molecule has 0 bridgehead atoms. The molecule has 3 unspecified atom stereocenters. The number of halogens is 4. The average Bonchev–Trinajstić information content (AvgIpc) is 3.53. The molecule has 238 valence electrons. The molecule has 0 spiro atoms. The first-order chi connectivity index (χ1) is 22.5. The number of carbonyl (C=O) groups excluding carboxylic acids is 3. The Kier molecular flexibility index (Phi) is 7.97. The molecular weight excluding hydrogens is 719 g/mol. The lowest BCUT2D eigenvalue weighted by Crippen LogP contribution is -2.33. The lowest BCUT2D eigenvalue weighted by atomic mass is 9.82. The van der Waals surface area contributed by atoms with Gasteiger partial charge in [0.2, 0.25) is 11.8 Å². The molecule has 3 heterocycles. The number of alkyl halides is 3. The van der Waals surface area contributed by atoms with E-state index in [2.05, 4.69) is 26.2 Å². The number of carbonyl (C=O) groups is 3. The van der Waals surface area contributed by atoms with Gasteiger partial charge in [-0.25, -0.2) is 4.90 Å². The molecule has 7 rings (SSSR count). The van der Waals surface area contributed by atoms with Gasteiger partial charge in [0.15, 0.2) is 6.61 Å². The van der Waals surface area contributed by atoms with Gasteiger partial charge in [-0.2, -0.15) is 13.2 Å². The lowest BCUT2D eigenvalue weighted by Gasteiger charge is -2.31. The van der Waals surface area contributed by atoms with Crippen molar-refractivity contribution in [1.29, 1.82) is 0 Å². The molecule has 1 fully saturated rings. The summed E-state index contributed by atoms with van der Waals surface area (Å²) in [5.74, 6) is -4.03. The molecule has 1 saturated heterocycles. The van der Waals surface area contributed by atoms with Gasteiger partial charge in [0.25, 0.3) is 5.91 Å². The van der Waals surface area contributed by atoms with Crippen LogP contribution in [-0.2, 0) is 20.6 Å². The molecule has 3 atom stereocenters. The van der Waals surface area contributed by atoms with Gasteiger partial charge in [-0.15, -0.1) is 0 Å². The van der Waals surface area contributed by atoms with Crippen LogP contribution in [0, 0.1) is 5.92 Å². The Balaban J connectivity index is 1.23. The van der Waals surface area contributed by atoms with Crippen molar-refractivity contribution in [3.63, 3.8) is 0 Å². The highest BCUT2D eigenvalue weighted by Gasteiger charge is 2.57. The van der Waals surface area contributed by atoms with Crippen molar-refractivity contribution in [3.8, 4) is 5.75 Å². The van der Waals surface area contributed by atoms with Crippen LogP contribution in [0.4, 0.5) is 24.5 Å². The third-order valence-electron chi connectivity index (χ3n) is 7.97. The summed E-state index contributed by atoms with van der Waals surface area (Å²) < 4.78 is 48.5. The fraction of sp³-hybridized carbons (Fsp3) is 0.152. The zero-order valence-corrected chi connectivity index (χ0v) is 27.1.